The van der Waals surface area contributed by atoms with Crippen LogP contribution in [0.4, 0.5) is 0 Å². The van der Waals surface area contributed by atoms with E-state index in [0.29, 0.717) is 5.88 Å². The number of halogens is 2. The Balaban J connectivity index is 2.35. The molecule has 0 aliphatic carbocycles. The van der Waals surface area contributed by atoms with Gasteiger partial charge in [-0.3, -0.25) is 4.57 Å². The number of rotatable bonds is 3. The van der Waals surface area contributed by atoms with Crippen molar-refractivity contribution in [3.05, 3.63) is 57.8 Å². The maximum Gasteiger partial charge on any atom is 0.115 e. The van der Waals surface area contributed by atoms with Gasteiger partial charge in [0.25, 0.3) is 0 Å². The van der Waals surface area contributed by atoms with Crippen molar-refractivity contribution in [2.75, 3.05) is 5.88 Å². The van der Waals surface area contributed by atoms with E-state index in [1.807, 2.05) is 0 Å². The lowest BCUT2D eigenvalue weighted by atomic mass is 10.2. The minimum Gasteiger partial charge on any atom is -0.295 e. The highest BCUT2D eigenvalue weighted by Crippen LogP contribution is 2.30. The Labute approximate surface area is 137 Å². The lowest BCUT2D eigenvalue weighted by Crippen LogP contribution is -2.03. The van der Waals surface area contributed by atoms with Gasteiger partial charge >= 0.3 is 0 Å². The van der Waals surface area contributed by atoms with E-state index in [2.05, 4.69) is 70.7 Å². The quantitative estimate of drug-likeness (QED) is 0.586. The van der Waals surface area contributed by atoms with Gasteiger partial charge in [-0.15, -0.1) is 11.6 Å². The Morgan fingerprint density at radius 3 is 2.76 bits per heavy atom. The minimum absolute atomic E-state index is 0.561. The Hall–Kier alpha value is -1.32. The summed E-state index contributed by atoms with van der Waals surface area (Å²) in [6, 6.07) is 12.6. The Morgan fingerprint density at radius 1 is 1.19 bits per heavy atom. The first-order chi connectivity index (χ1) is 10.1. The largest absolute Gasteiger partial charge is 0.295 e. The van der Waals surface area contributed by atoms with Crippen LogP contribution in [0.5, 0.6) is 0 Å². The molecule has 0 bridgehead atoms. The van der Waals surface area contributed by atoms with Gasteiger partial charge in [-0.2, -0.15) is 0 Å². The van der Waals surface area contributed by atoms with Crippen molar-refractivity contribution in [2.24, 2.45) is 0 Å². The van der Waals surface area contributed by atoms with Gasteiger partial charge < -0.3 is 0 Å². The third-order valence-corrected chi connectivity index (χ3v) is 4.83. The second kappa shape index (κ2) is 5.82. The second-order valence-corrected chi connectivity index (χ2v) is 6.37. The molecule has 108 valence electrons. The number of hydrogen-bond donors (Lipinski definition) is 0. The number of aryl methyl sites for hydroxylation is 3. The third kappa shape index (κ3) is 2.60. The van der Waals surface area contributed by atoms with Gasteiger partial charge in [0.15, 0.2) is 0 Å². The predicted molar refractivity (Wildman–Crippen MR) is 92.7 cm³/mol. The monoisotopic (exact) mass is 362 g/mol. The topological polar surface area (TPSA) is 17.8 Å². The van der Waals surface area contributed by atoms with Crippen LogP contribution < -0.4 is 0 Å². The first-order valence-electron chi connectivity index (χ1n) is 6.91. The van der Waals surface area contributed by atoms with Crippen molar-refractivity contribution in [3.8, 4) is 5.69 Å². The first-order valence-corrected chi connectivity index (χ1v) is 8.24. The molecule has 0 aliphatic heterocycles. The fourth-order valence-corrected chi connectivity index (χ4v) is 3.17. The zero-order valence-corrected chi connectivity index (χ0v) is 14.4. The van der Waals surface area contributed by atoms with E-state index in [1.54, 1.807) is 0 Å². The summed E-state index contributed by atoms with van der Waals surface area (Å²) in [5.74, 6) is 1.56. The lowest BCUT2D eigenvalue weighted by Gasteiger charge is -2.12. The van der Waals surface area contributed by atoms with E-state index in [-0.39, 0.29) is 0 Å². The van der Waals surface area contributed by atoms with Gasteiger partial charge in [-0.25, -0.2) is 4.98 Å². The minimum atomic E-state index is 0.561. The van der Waals surface area contributed by atoms with Gasteiger partial charge in [-0.1, -0.05) is 18.2 Å². The predicted octanol–water partition coefficient (Wildman–Crippen LogP) is 5.19. The summed E-state index contributed by atoms with van der Waals surface area (Å²) in [6.07, 6.45) is 0.746. The molecule has 0 atom stereocenters. The van der Waals surface area contributed by atoms with Crippen molar-refractivity contribution in [3.63, 3.8) is 0 Å². The summed E-state index contributed by atoms with van der Waals surface area (Å²) in [4.78, 5) is 4.75. The zero-order valence-electron chi connectivity index (χ0n) is 12.0. The van der Waals surface area contributed by atoms with Crippen LogP contribution in [0.1, 0.15) is 17.0 Å². The molecule has 1 aromatic heterocycles. The standard InChI is InChI=1S/C17H16BrClN2/c1-11-6-7-13-15(10-11)21(16(20-13)8-9-19)14-5-3-4-12(2)17(14)18/h3-7,10H,8-9H2,1-2H3. The Bertz CT molecular complexity index is 808. The average molecular weight is 364 g/mol. The number of alkyl halides is 1. The maximum absolute atomic E-state index is 5.96. The lowest BCUT2D eigenvalue weighted by molar-refractivity contribution is 0.908. The molecule has 0 amide bonds. The molecule has 0 unspecified atom stereocenters. The molecule has 21 heavy (non-hydrogen) atoms. The van der Waals surface area contributed by atoms with E-state index in [0.717, 1.165) is 33.4 Å². The van der Waals surface area contributed by atoms with E-state index in [1.165, 1.54) is 11.1 Å². The fraction of sp³-hybridized carbons (Fsp3) is 0.235. The summed E-state index contributed by atoms with van der Waals surface area (Å²) in [6.45, 7) is 4.20. The molecule has 0 saturated heterocycles. The molecule has 2 nitrogen and oxygen atoms in total. The fourth-order valence-electron chi connectivity index (χ4n) is 2.56. The van der Waals surface area contributed by atoms with Crippen LogP contribution in [0.2, 0.25) is 0 Å². The van der Waals surface area contributed by atoms with Crippen LogP contribution in [0.3, 0.4) is 0 Å². The third-order valence-electron chi connectivity index (χ3n) is 3.61. The number of aromatic nitrogens is 2. The van der Waals surface area contributed by atoms with Crippen LogP contribution in [0.15, 0.2) is 40.9 Å². The average Bonchev–Trinajstić information content (AvgIpc) is 2.80. The van der Waals surface area contributed by atoms with Gasteiger partial charge in [0.1, 0.15) is 5.82 Å². The molecule has 0 radical (unpaired) electrons. The molecule has 0 N–H and O–H groups in total. The molecule has 0 spiro atoms. The number of nitrogens with zero attached hydrogens (tertiary/aromatic N) is 2. The number of hydrogen-bond acceptors (Lipinski definition) is 1. The summed E-state index contributed by atoms with van der Waals surface area (Å²) in [5.41, 5.74) is 5.68. The highest BCUT2D eigenvalue weighted by Gasteiger charge is 2.15. The molecule has 0 fully saturated rings. The van der Waals surface area contributed by atoms with Crippen LogP contribution in [-0.2, 0) is 6.42 Å². The van der Waals surface area contributed by atoms with E-state index in [4.69, 9.17) is 16.6 Å². The molecule has 2 aromatic carbocycles. The van der Waals surface area contributed by atoms with E-state index >= 15 is 0 Å². The number of benzene rings is 2. The van der Waals surface area contributed by atoms with E-state index < -0.39 is 0 Å². The smallest absolute Gasteiger partial charge is 0.115 e. The van der Waals surface area contributed by atoms with Gasteiger partial charge in [-0.05, 0) is 59.1 Å². The molecule has 0 saturated carbocycles. The van der Waals surface area contributed by atoms with Gasteiger partial charge in [0.2, 0.25) is 0 Å². The highest BCUT2D eigenvalue weighted by atomic mass is 79.9. The molecule has 4 heteroatoms. The Kier molecular flexibility index (Phi) is 4.05. The summed E-state index contributed by atoms with van der Waals surface area (Å²) >= 11 is 9.67. The number of imidazole rings is 1. The molecule has 0 aliphatic rings. The van der Waals surface area contributed by atoms with Crippen LogP contribution in [-0.4, -0.2) is 15.4 Å². The summed E-state index contributed by atoms with van der Waals surface area (Å²) < 4.78 is 3.31. The summed E-state index contributed by atoms with van der Waals surface area (Å²) in [5, 5.41) is 0. The van der Waals surface area contributed by atoms with Crippen molar-refractivity contribution in [1.29, 1.82) is 0 Å². The van der Waals surface area contributed by atoms with Crippen molar-refractivity contribution in [2.45, 2.75) is 20.3 Å². The van der Waals surface area contributed by atoms with Crippen LogP contribution in [0, 0.1) is 13.8 Å². The molecule has 3 aromatic rings. The Morgan fingerprint density at radius 2 is 2.00 bits per heavy atom. The summed E-state index contributed by atoms with van der Waals surface area (Å²) in [7, 11) is 0. The first kappa shape index (κ1) is 14.6. The van der Waals surface area contributed by atoms with Crippen molar-refractivity contribution < 1.29 is 0 Å². The SMILES string of the molecule is Cc1ccc2nc(CCCl)n(-c3cccc(C)c3Br)c2c1. The molecular formula is C17H16BrClN2. The van der Waals surface area contributed by atoms with Crippen LogP contribution in [0.25, 0.3) is 16.7 Å². The van der Waals surface area contributed by atoms with Crippen LogP contribution >= 0.6 is 27.5 Å². The van der Waals surface area contributed by atoms with E-state index in [9.17, 15) is 0 Å². The highest BCUT2D eigenvalue weighted by molar-refractivity contribution is 9.10. The normalized spacial score (nSPS) is 11.2. The van der Waals surface area contributed by atoms with Gasteiger partial charge in [0, 0.05) is 16.8 Å². The number of fused-ring (bicyclic) bond motifs is 1. The van der Waals surface area contributed by atoms with Crippen molar-refractivity contribution >= 4 is 38.6 Å². The van der Waals surface area contributed by atoms with Gasteiger partial charge in [0.05, 0.1) is 16.7 Å². The maximum atomic E-state index is 5.96. The second-order valence-electron chi connectivity index (χ2n) is 5.20. The zero-order chi connectivity index (χ0) is 15.0. The molecule has 1 heterocycles. The molecule has 3 rings (SSSR count). The molecular weight excluding hydrogens is 348 g/mol. The van der Waals surface area contributed by atoms with Crippen molar-refractivity contribution in [1.82, 2.24) is 9.55 Å².